The van der Waals surface area contributed by atoms with Gasteiger partial charge in [0.2, 0.25) is 5.91 Å². The van der Waals surface area contributed by atoms with E-state index in [1.54, 1.807) is 12.1 Å². The maximum Gasteiger partial charge on any atom is 0.224 e. The Kier molecular flexibility index (Phi) is 5.79. The lowest BCUT2D eigenvalue weighted by Crippen LogP contribution is -2.35. The number of hydrogen-bond acceptors (Lipinski definition) is 1. The molecular weight excluding hydrogens is 297 g/mol. The van der Waals surface area contributed by atoms with Gasteiger partial charge in [0.05, 0.1) is 6.42 Å². The molecule has 0 aromatic heterocycles. The summed E-state index contributed by atoms with van der Waals surface area (Å²) in [5.74, 6) is -0.372. The Bertz CT molecular complexity index is 407. The number of alkyl halides is 1. The van der Waals surface area contributed by atoms with Crippen molar-refractivity contribution in [3.05, 3.63) is 35.6 Å². The first-order valence-electron chi connectivity index (χ1n) is 6.00. The third-order valence-electron chi connectivity index (χ3n) is 2.79. The van der Waals surface area contributed by atoms with Gasteiger partial charge in [-0.3, -0.25) is 4.79 Å². The standard InChI is InChI=1S/C14H19BrFNO/c1-14(2,6-7-15)10-17-13(18)9-11-4-3-5-12(16)8-11/h3-5,8H,6-7,9-10H2,1-2H3,(H,17,18). The van der Waals surface area contributed by atoms with Crippen molar-refractivity contribution in [2.24, 2.45) is 5.41 Å². The molecule has 1 rings (SSSR count). The van der Waals surface area contributed by atoms with Crippen LogP contribution in [0.25, 0.3) is 0 Å². The van der Waals surface area contributed by atoms with E-state index in [4.69, 9.17) is 0 Å². The zero-order valence-corrected chi connectivity index (χ0v) is 12.4. The molecule has 4 heteroatoms. The van der Waals surface area contributed by atoms with Gasteiger partial charge in [0.25, 0.3) is 0 Å². The maximum atomic E-state index is 13.0. The van der Waals surface area contributed by atoms with Gasteiger partial charge in [-0.1, -0.05) is 41.9 Å². The largest absolute Gasteiger partial charge is 0.355 e. The third-order valence-corrected chi connectivity index (χ3v) is 3.19. The molecule has 0 bridgehead atoms. The normalized spacial score (nSPS) is 11.3. The van der Waals surface area contributed by atoms with Crippen molar-refractivity contribution in [1.29, 1.82) is 0 Å². The molecule has 1 amide bonds. The number of hydrogen-bond donors (Lipinski definition) is 1. The quantitative estimate of drug-likeness (QED) is 0.802. The van der Waals surface area contributed by atoms with Crippen molar-refractivity contribution in [2.75, 3.05) is 11.9 Å². The predicted molar refractivity (Wildman–Crippen MR) is 75.3 cm³/mol. The average Bonchev–Trinajstić information content (AvgIpc) is 2.26. The van der Waals surface area contributed by atoms with Gasteiger partial charge >= 0.3 is 0 Å². The summed E-state index contributed by atoms with van der Waals surface area (Å²) in [6.07, 6.45) is 1.22. The van der Waals surface area contributed by atoms with Gasteiger partial charge in [0.1, 0.15) is 5.82 Å². The highest BCUT2D eigenvalue weighted by Gasteiger charge is 2.17. The van der Waals surface area contributed by atoms with Gasteiger partial charge in [-0.2, -0.15) is 0 Å². The minimum absolute atomic E-state index is 0.0664. The lowest BCUT2D eigenvalue weighted by atomic mass is 9.90. The minimum atomic E-state index is -0.306. The highest BCUT2D eigenvalue weighted by Crippen LogP contribution is 2.19. The van der Waals surface area contributed by atoms with E-state index in [-0.39, 0.29) is 23.6 Å². The monoisotopic (exact) mass is 315 g/mol. The Morgan fingerprint density at radius 1 is 1.44 bits per heavy atom. The molecule has 0 aliphatic rings. The lowest BCUT2D eigenvalue weighted by Gasteiger charge is -2.23. The van der Waals surface area contributed by atoms with Crippen molar-refractivity contribution in [1.82, 2.24) is 5.32 Å². The number of carbonyl (C=O) groups excluding carboxylic acids is 1. The second-order valence-corrected chi connectivity index (χ2v) is 5.98. The fourth-order valence-corrected chi connectivity index (χ4v) is 2.65. The molecule has 0 spiro atoms. The van der Waals surface area contributed by atoms with Crippen molar-refractivity contribution < 1.29 is 9.18 Å². The van der Waals surface area contributed by atoms with Crippen molar-refractivity contribution >= 4 is 21.8 Å². The SMILES string of the molecule is CC(C)(CCBr)CNC(=O)Cc1cccc(F)c1. The van der Waals surface area contributed by atoms with Crippen LogP contribution in [0.4, 0.5) is 4.39 Å². The Labute approximate surface area is 116 Å². The summed E-state index contributed by atoms with van der Waals surface area (Å²) in [7, 11) is 0. The van der Waals surface area contributed by atoms with E-state index in [0.29, 0.717) is 12.1 Å². The van der Waals surface area contributed by atoms with Gasteiger partial charge in [0, 0.05) is 11.9 Å². The van der Waals surface area contributed by atoms with Crippen LogP contribution in [0.5, 0.6) is 0 Å². The molecule has 0 radical (unpaired) electrons. The van der Waals surface area contributed by atoms with E-state index in [2.05, 4.69) is 35.1 Å². The van der Waals surface area contributed by atoms with Crippen LogP contribution in [0.3, 0.4) is 0 Å². The summed E-state index contributed by atoms with van der Waals surface area (Å²) < 4.78 is 13.0. The van der Waals surface area contributed by atoms with Crippen LogP contribution in [0.15, 0.2) is 24.3 Å². The smallest absolute Gasteiger partial charge is 0.224 e. The fraction of sp³-hybridized carbons (Fsp3) is 0.500. The molecule has 0 aliphatic carbocycles. The molecule has 1 aromatic rings. The molecule has 0 aliphatic heterocycles. The Hall–Kier alpha value is -0.900. The van der Waals surface area contributed by atoms with E-state index < -0.39 is 0 Å². The van der Waals surface area contributed by atoms with Crippen molar-refractivity contribution in [2.45, 2.75) is 26.7 Å². The zero-order chi connectivity index (χ0) is 13.6. The highest BCUT2D eigenvalue weighted by molar-refractivity contribution is 9.09. The second-order valence-electron chi connectivity index (χ2n) is 5.19. The number of carbonyl (C=O) groups is 1. The van der Waals surface area contributed by atoms with Crippen LogP contribution in [-0.4, -0.2) is 17.8 Å². The first-order chi connectivity index (χ1) is 8.43. The molecule has 0 saturated carbocycles. The number of rotatable bonds is 6. The Balaban J connectivity index is 2.43. The molecule has 1 aromatic carbocycles. The molecule has 0 fully saturated rings. The first-order valence-corrected chi connectivity index (χ1v) is 7.12. The summed E-state index contributed by atoms with van der Waals surface area (Å²) in [4.78, 5) is 11.7. The van der Waals surface area contributed by atoms with Crippen LogP contribution in [0, 0.1) is 11.2 Å². The summed E-state index contributed by atoms with van der Waals surface area (Å²) in [6, 6.07) is 6.14. The van der Waals surface area contributed by atoms with E-state index in [0.717, 1.165) is 11.8 Å². The minimum Gasteiger partial charge on any atom is -0.355 e. The summed E-state index contributed by atoms with van der Waals surface area (Å²) in [5, 5.41) is 3.81. The molecular formula is C14H19BrFNO. The molecule has 0 heterocycles. The van der Waals surface area contributed by atoms with Gasteiger partial charge in [-0.05, 0) is 29.5 Å². The summed E-state index contributed by atoms with van der Waals surface area (Å²) >= 11 is 3.40. The predicted octanol–water partition coefficient (Wildman–Crippen LogP) is 3.30. The van der Waals surface area contributed by atoms with Crippen LogP contribution in [0.2, 0.25) is 0 Å². The van der Waals surface area contributed by atoms with Crippen LogP contribution in [-0.2, 0) is 11.2 Å². The topological polar surface area (TPSA) is 29.1 Å². The third kappa shape index (κ3) is 5.63. The molecule has 0 saturated heterocycles. The molecule has 1 N–H and O–H groups in total. The average molecular weight is 316 g/mol. The summed E-state index contributed by atoms with van der Waals surface area (Å²) in [5.41, 5.74) is 0.770. The molecule has 100 valence electrons. The van der Waals surface area contributed by atoms with Crippen molar-refractivity contribution in [3.8, 4) is 0 Å². The molecule has 0 atom stereocenters. The van der Waals surface area contributed by atoms with Gasteiger partial charge < -0.3 is 5.32 Å². The van der Waals surface area contributed by atoms with Gasteiger partial charge in [-0.15, -0.1) is 0 Å². The zero-order valence-electron chi connectivity index (χ0n) is 10.8. The number of amides is 1. The second kappa shape index (κ2) is 6.88. The lowest BCUT2D eigenvalue weighted by molar-refractivity contribution is -0.120. The Morgan fingerprint density at radius 2 is 2.17 bits per heavy atom. The van der Waals surface area contributed by atoms with Crippen LogP contribution < -0.4 is 5.32 Å². The van der Waals surface area contributed by atoms with E-state index in [1.807, 2.05) is 0 Å². The van der Waals surface area contributed by atoms with E-state index in [9.17, 15) is 9.18 Å². The van der Waals surface area contributed by atoms with Gasteiger partial charge in [-0.25, -0.2) is 4.39 Å². The Morgan fingerprint density at radius 3 is 2.78 bits per heavy atom. The molecule has 0 unspecified atom stereocenters. The van der Waals surface area contributed by atoms with E-state index >= 15 is 0 Å². The van der Waals surface area contributed by atoms with Gasteiger partial charge in [0.15, 0.2) is 0 Å². The molecule has 18 heavy (non-hydrogen) atoms. The van der Waals surface area contributed by atoms with Crippen molar-refractivity contribution in [3.63, 3.8) is 0 Å². The highest BCUT2D eigenvalue weighted by atomic mass is 79.9. The molecule has 2 nitrogen and oxygen atoms in total. The maximum absolute atomic E-state index is 13.0. The first kappa shape index (κ1) is 15.2. The van der Waals surface area contributed by atoms with Crippen LogP contribution >= 0.6 is 15.9 Å². The summed E-state index contributed by atoms with van der Waals surface area (Å²) in [6.45, 7) is 4.85. The number of benzene rings is 1. The van der Waals surface area contributed by atoms with E-state index in [1.165, 1.54) is 12.1 Å². The number of halogens is 2. The van der Waals surface area contributed by atoms with Crippen LogP contribution in [0.1, 0.15) is 25.8 Å². The fourth-order valence-electron chi connectivity index (χ4n) is 1.58. The number of nitrogens with one attached hydrogen (secondary N) is 1.